The predicted molar refractivity (Wildman–Crippen MR) is 95.4 cm³/mol. The van der Waals surface area contributed by atoms with E-state index < -0.39 is 5.92 Å². The van der Waals surface area contributed by atoms with E-state index in [1.165, 1.54) is 0 Å². The molecule has 0 aliphatic carbocycles. The van der Waals surface area contributed by atoms with Crippen molar-refractivity contribution >= 4 is 0 Å². The lowest BCUT2D eigenvalue weighted by Crippen LogP contribution is -2.20. The van der Waals surface area contributed by atoms with E-state index in [2.05, 4.69) is 27.0 Å². The molecule has 2 heterocycles. The summed E-state index contributed by atoms with van der Waals surface area (Å²) in [5.74, 6) is 0.133. The number of hydrogen-bond donors (Lipinski definition) is 4. The Labute approximate surface area is 143 Å². The second-order valence-electron chi connectivity index (χ2n) is 5.84. The predicted octanol–water partition coefficient (Wildman–Crippen LogP) is 2.08. The van der Waals surface area contributed by atoms with Crippen molar-refractivity contribution in [3.05, 3.63) is 85.7 Å². The van der Waals surface area contributed by atoms with Crippen molar-refractivity contribution in [2.24, 2.45) is 0 Å². The highest BCUT2D eigenvalue weighted by Crippen LogP contribution is 2.32. The Morgan fingerprint density at radius 1 is 1.04 bits per heavy atom. The summed E-state index contributed by atoms with van der Waals surface area (Å²) in [5, 5.41) is 10.8. The minimum absolute atomic E-state index is 0.250. The summed E-state index contributed by atoms with van der Waals surface area (Å²) >= 11 is 0. The molecule has 7 nitrogen and oxygen atoms in total. The van der Waals surface area contributed by atoms with Crippen LogP contribution in [0.5, 0.6) is 5.75 Å². The maximum atomic E-state index is 12.4. The Balaban J connectivity index is 2.21. The number of aromatic amines is 4. The Morgan fingerprint density at radius 3 is 2.12 bits per heavy atom. The van der Waals surface area contributed by atoms with Crippen LogP contribution in [0.2, 0.25) is 0 Å². The fourth-order valence-corrected chi connectivity index (χ4v) is 3.02. The van der Waals surface area contributed by atoms with Crippen molar-refractivity contribution < 1.29 is 4.74 Å². The van der Waals surface area contributed by atoms with Crippen LogP contribution in [0.25, 0.3) is 0 Å². The number of benzene rings is 1. The van der Waals surface area contributed by atoms with Crippen LogP contribution in [0, 0.1) is 13.8 Å². The van der Waals surface area contributed by atoms with Crippen LogP contribution in [0.4, 0.5) is 0 Å². The standard InChI is InChI=1S/C18H20N4O3/c1-4-8-25-13-7-5-6-12(9-13)16(14-10(2)19-21-17(14)23)15-11(3)20-22-18(15)24/h4-7,9,16H,1,8H2,2-3H3,(H2,19,21,23)(H2,20,22,24). The molecule has 0 unspecified atom stereocenters. The molecular formula is C18H20N4O3. The van der Waals surface area contributed by atoms with E-state index in [1.54, 1.807) is 19.9 Å². The lowest BCUT2D eigenvalue weighted by molar-refractivity contribution is 0.363. The maximum Gasteiger partial charge on any atom is 0.268 e. The van der Waals surface area contributed by atoms with Gasteiger partial charge in [0.2, 0.25) is 0 Å². The number of ether oxygens (including phenoxy) is 1. The summed E-state index contributed by atoms with van der Waals surface area (Å²) in [4.78, 5) is 24.8. The number of nitrogens with one attached hydrogen (secondary N) is 4. The molecule has 25 heavy (non-hydrogen) atoms. The van der Waals surface area contributed by atoms with Crippen molar-refractivity contribution in [1.82, 2.24) is 20.4 Å². The molecule has 4 N–H and O–H groups in total. The SMILES string of the molecule is C=CCOc1cccc(C(c2c(C)[nH][nH]c2=O)c2c(C)[nH][nH]c2=O)c1. The summed E-state index contributed by atoms with van der Waals surface area (Å²) in [6.45, 7) is 7.61. The quantitative estimate of drug-likeness (QED) is 0.516. The van der Waals surface area contributed by atoms with E-state index in [0.29, 0.717) is 34.9 Å². The van der Waals surface area contributed by atoms with Gasteiger partial charge >= 0.3 is 0 Å². The third-order valence-electron chi connectivity index (χ3n) is 4.16. The number of H-pyrrole nitrogens is 4. The Kier molecular flexibility index (Phi) is 4.47. The van der Waals surface area contributed by atoms with E-state index in [0.717, 1.165) is 5.56 Å². The van der Waals surface area contributed by atoms with Gasteiger partial charge in [0, 0.05) is 17.3 Å². The zero-order chi connectivity index (χ0) is 18.0. The zero-order valence-electron chi connectivity index (χ0n) is 14.1. The molecule has 0 aliphatic rings. The zero-order valence-corrected chi connectivity index (χ0v) is 14.1. The van der Waals surface area contributed by atoms with Crippen molar-refractivity contribution in [2.45, 2.75) is 19.8 Å². The fourth-order valence-electron chi connectivity index (χ4n) is 3.02. The molecule has 0 amide bonds. The van der Waals surface area contributed by atoms with Crippen molar-refractivity contribution in [3.8, 4) is 5.75 Å². The minimum atomic E-state index is -0.516. The number of rotatable bonds is 6. The molecule has 0 saturated carbocycles. The maximum absolute atomic E-state index is 12.4. The van der Waals surface area contributed by atoms with Crippen LogP contribution in [-0.2, 0) is 0 Å². The largest absolute Gasteiger partial charge is 0.490 e. The Morgan fingerprint density at radius 2 is 1.64 bits per heavy atom. The van der Waals surface area contributed by atoms with Crippen molar-refractivity contribution in [1.29, 1.82) is 0 Å². The summed E-state index contributed by atoms with van der Waals surface area (Å²) in [6, 6.07) is 7.38. The molecule has 0 fully saturated rings. The molecule has 0 aliphatic heterocycles. The highest BCUT2D eigenvalue weighted by molar-refractivity contribution is 5.46. The lowest BCUT2D eigenvalue weighted by atomic mass is 9.85. The summed E-state index contributed by atoms with van der Waals surface area (Å²) in [7, 11) is 0. The van der Waals surface area contributed by atoms with Crippen LogP contribution in [0.1, 0.15) is 34.0 Å². The van der Waals surface area contributed by atoms with Crippen LogP contribution >= 0.6 is 0 Å². The van der Waals surface area contributed by atoms with Gasteiger partial charge in [-0.05, 0) is 31.5 Å². The second-order valence-corrected chi connectivity index (χ2v) is 5.84. The van der Waals surface area contributed by atoms with Gasteiger partial charge in [-0.25, -0.2) is 0 Å². The molecule has 130 valence electrons. The Hall–Kier alpha value is -3.22. The normalized spacial score (nSPS) is 11.0. The summed E-state index contributed by atoms with van der Waals surface area (Å²) in [6.07, 6.45) is 1.66. The van der Waals surface area contributed by atoms with Crippen LogP contribution in [-0.4, -0.2) is 27.0 Å². The molecule has 3 rings (SSSR count). The Bertz CT molecular complexity index is 951. The van der Waals surface area contributed by atoms with Gasteiger partial charge in [0.05, 0.1) is 11.1 Å². The number of aromatic nitrogens is 4. The molecule has 0 spiro atoms. The fraction of sp³-hybridized carbons (Fsp3) is 0.222. The molecule has 0 saturated heterocycles. The van der Waals surface area contributed by atoms with Gasteiger partial charge in [0.15, 0.2) is 0 Å². The minimum Gasteiger partial charge on any atom is -0.490 e. The van der Waals surface area contributed by atoms with Gasteiger partial charge in [-0.3, -0.25) is 19.8 Å². The average Bonchev–Trinajstić information content (AvgIpc) is 3.11. The van der Waals surface area contributed by atoms with E-state index in [4.69, 9.17) is 4.74 Å². The third kappa shape index (κ3) is 3.08. The monoisotopic (exact) mass is 340 g/mol. The highest BCUT2D eigenvalue weighted by atomic mass is 16.5. The first kappa shape index (κ1) is 16.6. The first-order valence-electron chi connectivity index (χ1n) is 7.90. The smallest absolute Gasteiger partial charge is 0.268 e. The van der Waals surface area contributed by atoms with E-state index in [9.17, 15) is 9.59 Å². The van der Waals surface area contributed by atoms with Crippen LogP contribution < -0.4 is 15.9 Å². The third-order valence-corrected chi connectivity index (χ3v) is 4.16. The molecular weight excluding hydrogens is 320 g/mol. The first-order chi connectivity index (χ1) is 12.0. The molecule has 0 radical (unpaired) electrons. The number of aryl methyl sites for hydroxylation is 2. The molecule has 3 aromatic rings. The number of hydrogen-bond acceptors (Lipinski definition) is 3. The van der Waals surface area contributed by atoms with Crippen LogP contribution in [0.15, 0.2) is 46.5 Å². The van der Waals surface area contributed by atoms with E-state index >= 15 is 0 Å². The molecule has 7 heteroatoms. The lowest BCUT2D eigenvalue weighted by Gasteiger charge is -2.17. The summed E-state index contributed by atoms with van der Waals surface area (Å²) in [5.41, 5.74) is 2.69. The molecule has 1 aromatic carbocycles. The van der Waals surface area contributed by atoms with Gasteiger partial charge in [-0.15, -0.1) is 0 Å². The van der Waals surface area contributed by atoms with E-state index in [1.807, 2.05) is 24.3 Å². The van der Waals surface area contributed by atoms with Crippen molar-refractivity contribution in [2.75, 3.05) is 6.61 Å². The van der Waals surface area contributed by atoms with Gasteiger partial charge in [-0.1, -0.05) is 24.8 Å². The summed E-state index contributed by atoms with van der Waals surface area (Å²) < 4.78 is 5.60. The van der Waals surface area contributed by atoms with Gasteiger partial charge in [0.1, 0.15) is 12.4 Å². The first-order valence-corrected chi connectivity index (χ1v) is 7.90. The topological polar surface area (TPSA) is 107 Å². The van der Waals surface area contributed by atoms with Gasteiger partial charge in [-0.2, -0.15) is 0 Å². The highest BCUT2D eigenvalue weighted by Gasteiger charge is 2.28. The van der Waals surface area contributed by atoms with Crippen molar-refractivity contribution in [3.63, 3.8) is 0 Å². The molecule has 2 aromatic heterocycles. The van der Waals surface area contributed by atoms with Gasteiger partial charge < -0.3 is 14.9 Å². The van der Waals surface area contributed by atoms with Gasteiger partial charge in [0.25, 0.3) is 11.1 Å². The average molecular weight is 340 g/mol. The second kappa shape index (κ2) is 6.72. The van der Waals surface area contributed by atoms with Crippen LogP contribution in [0.3, 0.4) is 0 Å². The molecule has 0 atom stereocenters. The molecule has 0 bridgehead atoms. The van der Waals surface area contributed by atoms with E-state index in [-0.39, 0.29) is 11.1 Å².